The number of aromatic hydroxyl groups is 2. The number of aliphatic hydroxyl groups excluding tert-OH is 3. The Morgan fingerprint density at radius 3 is 1.25 bits per heavy atom. The largest absolute Gasteiger partial charge is 0.508 e. The third-order valence-corrected chi connectivity index (χ3v) is 20.0. The first-order chi connectivity index (χ1) is 55.9. The van der Waals surface area contributed by atoms with Gasteiger partial charge in [0.2, 0.25) is 100 Å². The van der Waals surface area contributed by atoms with Gasteiger partial charge in [-0.15, -0.1) is 0 Å². The topological polar surface area (TPSA) is 670 Å². The zero-order valence-corrected chi connectivity index (χ0v) is 67.5. The molecule has 0 bridgehead atoms. The average Bonchev–Trinajstić information content (AvgIpc) is 1.65. The van der Waals surface area contributed by atoms with Crippen LogP contribution in [0.5, 0.6) is 11.5 Å². The average molecular weight is 1730 g/mol. The van der Waals surface area contributed by atoms with Crippen molar-refractivity contribution in [2.24, 2.45) is 17.2 Å². The van der Waals surface area contributed by atoms with Gasteiger partial charge < -0.3 is 127 Å². The van der Waals surface area contributed by atoms with Crippen LogP contribution < -0.4 is 86.3 Å². The van der Waals surface area contributed by atoms with Crippen LogP contribution in [0.25, 0.3) is 0 Å². The summed E-state index contributed by atoms with van der Waals surface area (Å²) in [6, 6.07) is -5.42. The van der Waals surface area contributed by atoms with E-state index in [2.05, 4.69) is 109 Å². The monoisotopic (exact) mass is 1730 g/mol. The molecule has 2 heterocycles. The van der Waals surface area contributed by atoms with Crippen molar-refractivity contribution in [2.45, 2.75) is 168 Å². The van der Waals surface area contributed by atoms with E-state index >= 15 is 0 Å². The first-order valence-corrected chi connectivity index (χ1v) is 39.4. The summed E-state index contributed by atoms with van der Waals surface area (Å²) in [6.07, 6.45) is -4.22. The molecule has 2 aliphatic heterocycles. The van der Waals surface area contributed by atoms with Gasteiger partial charge in [0, 0.05) is 55.4 Å². The van der Waals surface area contributed by atoms with Gasteiger partial charge in [0.1, 0.15) is 102 Å². The normalized spacial score (nSPS) is 17.2. The van der Waals surface area contributed by atoms with Crippen molar-refractivity contribution in [3.8, 4) is 11.5 Å². The van der Waals surface area contributed by atoms with Crippen LogP contribution in [0.1, 0.15) is 69.1 Å². The van der Waals surface area contributed by atoms with Crippen LogP contribution >= 0.6 is 50.5 Å². The van der Waals surface area contributed by atoms with Crippen molar-refractivity contribution in [3.63, 3.8) is 0 Å². The molecular weight excluding hydrogens is 1630 g/mol. The van der Waals surface area contributed by atoms with Gasteiger partial charge in [-0.05, 0) is 80.5 Å². The highest BCUT2D eigenvalue weighted by molar-refractivity contribution is 7.80. The molecule has 3 aromatic carbocycles. The molecule has 2 fully saturated rings. The number of rotatable bonds is 46. The summed E-state index contributed by atoms with van der Waals surface area (Å²) in [5, 5.41) is 91.3. The number of aliphatic hydroxyl groups is 3. The van der Waals surface area contributed by atoms with E-state index in [1.54, 1.807) is 30.3 Å². The summed E-state index contributed by atoms with van der Waals surface area (Å²) in [6.45, 7) is -0.629. The van der Waals surface area contributed by atoms with Crippen molar-refractivity contribution >= 4 is 157 Å². The maximum Gasteiger partial charge on any atom is 0.305 e. The fraction of sp³-hybridized carbons (Fsp3) is 0.500. The lowest BCUT2D eigenvalue weighted by atomic mass is 10.0. The SMILES string of the molecule is C[C@H](NC(=O)[C@H](Cc1ccccc1)NC(=O)[C@H](CS)NC(=O)[C@@H]1CCCN1C(=O)[C@@H]1CCCN1C(=O)[C@H](Cc1ccc(O)cc1)NC(=O)[C@H](CO)NC(=O)[C@H](CS)NC(=O)[C@H](CS)NC(=O)CN)C(=O)N[C@H](C(=O)N[C@@H](CC(N)=O)C(=O)N[C@@H](CO)C(=O)N[C@@H](CC(=O)O)C(=O)N[C@@H](Cc1ccc(O)cc1)C(=O)N[C@@H](CS)C(N)=O)[C@@H](C)O. The Kier molecular flexibility index (Phi) is 39.7. The highest BCUT2D eigenvalue weighted by Crippen LogP contribution is 2.27. The van der Waals surface area contributed by atoms with Crippen LogP contribution in [-0.4, -0.2) is 299 Å². The Balaban J connectivity index is 1.26. The van der Waals surface area contributed by atoms with Crippen molar-refractivity contribution in [2.75, 3.05) is 55.9 Å². The second kappa shape index (κ2) is 48.0. The number of phenols is 2. The number of benzene rings is 3. The van der Waals surface area contributed by atoms with E-state index in [0.717, 1.165) is 13.8 Å². The van der Waals surface area contributed by atoms with Crippen molar-refractivity contribution < 1.29 is 117 Å². The number of primary amides is 2. The lowest BCUT2D eigenvalue weighted by molar-refractivity contribution is -0.148. The lowest BCUT2D eigenvalue weighted by Gasteiger charge is -2.33. The molecule has 0 spiro atoms. The predicted octanol–water partition coefficient (Wildman–Crippen LogP) is -9.69. The maximum absolute atomic E-state index is 14.8. The quantitative estimate of drug-likeness (QED) is 0.0234. The van der Waals surface area contributed by atoms with Crippen LogP contribution in [0.15, 0.2) is 78.9 Å². The summed E-state index contributed by atoms with van der Waals surface area (Å²) in [7, 11) is 0. The fourth-order valence-corrected chi connectivity index (χ4v) is 13.2. The number of carboxylic acid groups (broad SMARTS) is 1. The molecule has 0 aromatic heterocycles. The number of amides is 17. The second-order valence-corrected chi connectivity index (χ2v) is 28.9. The number of nitrogens with two attached hydrogens (primary N) is 3. The number of carboxylic acids is 1. The minimum atomic E-state index is -2.11. The molecule has 0 saturated carbocycles. The van der Waals surface area contributed by atoms with E-state index in [4.69, 9.17) is 17.2 Å². The number of carbonyl (C=O) groups excluding carboxylic acids is 17. The van der Waals surface area contributed by atoms with E-state index in [9.17, 15) is 117 Å². The lowest BCUT2D eigenvalue weighted by Crippen LogP contribution is -2.62. The maximum atomic E-state index is 14.8. The molecule has 0 unspecified atom stereocenters. The number of nitrogens with one attached hydrogen (secondary N) is 13. The highest BCUT2D eigenvalue weighted by Gasteiger charge is 2.46. The van der Waals surface area contributed by atoms with Gasteiger partial charge in [-0.25, -0.2) is 0 Å². The molecule has 5 rings (SSSR count). The molecule has 646 valence electrons. The van der Waals surface area contributed by atoms with E-state index in [1.807, 2.05) is 10.6 Å². The molecule has 3 aromatic rings. The predicted molar refractivity (Wildman–Crippen MR) is 430 cm³/mol. The Morgan fingerprint density at radius 2 is 0.797 bits per heavy atom. The molecule has 0 radical (unpaired) electrons. The second-order valence-electron chi connectivity index (χ2n) is 27.5. The standard InChI is InChI=1S/C72H100N18O24S4/c1-34(59(101)88-57(35(2)93)70(112)81-43(25-54(74)96)62(104)83-46(28-91)64(106)80-44(26-56(98)99)63(105)78-42(23-37-12-16-39(94)17-13-37)61(103)85-48(30-115)58(75)100)76-60(102)41(22-36-8-4-3-5-9-36)79-67(109)51(33-118)87-69(111)52-10-6-20-89(52)72(114)53-11-7-21-90(53)71(113)45(24-38-14-18-40(95)19-15-38)82-65(107)47(29-92)84-68(110)50(32-117)86-66(108)49(31-116)77-55(97)27-73/h3-5,8-9,12-19,34-35,41-53,57,91-95,115-118H,6-7,10-11,20-33,73H2,1-2H3,(H2,74,96)(H2,75,100)(H,76,102)(H,77,97)(H,78,105)(H,79,109)(H,80,106)(H,81,112)(H,82,107)(H,83,104)(H,84,110)(H,85,103)(H,86,108)(H,87,111)(H,88,101)(H,98,99)/t34-,35+,41-,42-,43-,44-,45-,46-,47-,48-,49-,50-,51-,52-,53-,57-/m0/s1. The summed E-state index contributed by atoms with van der Waals surface area (Å²) in [5.41, 5.74) is 17.3. The zero-order valence-electron chi connectivity index (χ0n) is 63.9. The van der Waals surface area contributed by atoms with Gasteiger partial charge in [0.15, 0.2) is 0 Å². The summed E-state index contributed by atoms with van der Waals surface area (Å²) in [4.78, 5) is 246. The van der Waals surface area contributed by atoms with Gasteiger partial charge in [0.05, 0.1) is 38.7 Å². The van der Waals surface area contributed by atoms with Crippen LogP contribution in [0.2, 0.25) is 0 Å². The molecule has 46 heteroatoms. The number of hydrogen-bond acceptors (Lipinski definition) is 28. The molecule has 0 aliphatic carbocycles. The van der Waals surface area contributed by atoms with Crippen LogP contribution in [0.3, 0.4) is 0 Å². The molecule has 25 N–H and O–H groups in total. The summed E-state index contributed by atoms with van der Waals surface area (Å²) in [5.74, 6) is -21.2. The van der Waals surface area contributed by atoms with Crippen LogP contribution in [0, 0.1) is 0 Å². The Morgan fingerprint density at radius 1 is 0.424 bits per heavy atom. The van der Waals surface area contributed by atoms with E-state index < -0.39 is 241 Å². The first-order valence-electron chi connectivity index (χ1n) is 36.9. The van der Waals surface area contributed by atoms with Gasteiger partial charge in [-0.1, -0.05) is 54.6 Å². The van der Waals surface area contributed by atoms with Gasteiger partial charge >= 0.3 is 5.97 Å². The van der Waals surface area contributed by atoms with Crippen molar-refractivity contribution in [1.29, 1.82) is 0 Å². The Labute approximate surface area is 697 Å². The van der Waals surface area contributed by atoms with Crippen molar-refractivity contribution in [3.05, 3.63) is 95.6 Å². The van der Waals surface area contributed by atoms with Gasteiger partial charge in [-0.3, -0.25) is 86.3 Å². The molecular formula is C72H100N18O24S4. The minimum Gasteiger partial charge on any atom is -0.508 e. The molecule has 17 amide bonds. The van der Waals surface area contributed by atoms with Crippen molar-refractivity contribution in [1.82, 2.24) is 78.9 Å². The highest BCUT2D eigenvalue weighted by atomic mass is 32.1. The van der Waals surface area contributed by atoms with E-state index in [1.165, 1.54) is 58.3 Å². The molecule has 118 heavy (non-hydrogen) atoms. The number of carbonyl (C=O) groups is 18. The van der Waals surface area contributed by atoms with Crippen LogP contribution in [-0.2, 0) is 106 Å². The Hall–Kier alpha value is -11.0. The number of nitrogens with zero attached hydrogens (tertiary/aromatic N) is 2. The zero-order chi connectivity index (χ0) is 87.8. The number of likely N-dealkylation sites (tertiary alicyclic amines) is 2. The van der Waals surface area contributed by atoms with E-state index in [-0.39, 0.29) is 86.8 Å². The third kappa shape index (κ3) is 29.8. The fourth-order valence-electron chi connectivity index (χ4n) is 12.2. The van der Waals surface area contributed by atoms with Crippen LogP contribution in [0.4, 0.5) is 0 Å². The number of thiol groups is 4. The van der Waals surface area contributed by atoms with Gasteiger partial charge in [0.25, 0.3) is 0 Å². The third-order valence-electron chi connectivity index (χ3n) is 18.6. The minimum absolute atomic E-state index is 0.00604. The van der Waals surface area contributed by atoms with Gasteiger partial charge in [-0.2, -0.15) is 50.5 Å². The molecule has 2 saturated heterocycles. The number of hydrogen-bond donors (Lipinski definition) is 26. The smallest absolute Gasteiger partial charge is 0.305 e. The molecule has 42 nitrogen and oxygen atoms in total. The molecule has 16 atom stereocenters. The molecule has 2 aliphatic rings. The summed E-state index contributed by atoms with van der Waals surface area (Å²) >= 11 is 16.5. The van der Waals surface area contributed by atoms with E-state index in [0.29, 0.717) is 16.7 Å². The number of phenolic OH excluding ortho intramolecular Hbond substituents is 2. The first kappa shape index (κ1) is 97.5. The summed E-state index contributed by atoms with van der Waals surface area (Å²) < 4.78 is 0. The Bertz CT molecular complexity index is 4090. The number of aliphatic carboxylic acids is 1.